The number of aromatic nitrogens is 2. The third-order valence-electron chi connectivity index (χ3n) is 6.20. The van der Waals surface area contributed by atoms with E-state index in [-0.39, 0.29) is 28.8 Å². The van der Waals surface area contributed by atoms with E-state index < -0.39 is 36.0 Å². The van der Waals surface area contributed by atoms with Gasteiger partial charge in [0.2, 0.25) is 6.43 Å². The van der Waals surface area contributed by atoms with E-state index in [1.807, 2.05) is 0 Å². The first-order valence-electron chi connectivity index (χ1n) is 10.1. The van der Waals surface area contributed by atoms with Gasteiger partial charge in [-0.05, 0) is 32.1 Å². The molecule has 7 nitrogen and oxygen atoms in total. The molecule has 0 amide bonds. The monoisotopic (exact) mass is 426 g/mol. The van der Waals surface area contributed by atoms with Crippen molar-refractivity contribution < 1.29 is 17.9 Å². The highest BCUT2D eigenvalue weighted by atomic mass is 19.3. The molecule has 4 rings (SSSR count). The number of aryl methyl sites for hydroxylation is 1. The van der Waals surface area contributed by atoms with Crippen molar-refractivity contribution in [1.29, 1.82) is 0 Å². The van der Waals surface area contributed by atoms with Crippen LogP contribution in [0, 0.1) is 18.7 Å². The van der Waals surface area contributed by atoms with E-state index in [1.165, 1.54) is 11.7 Å². The molecule has 1 saturated heterocycles. The number of halogens is 3. The molecule has 0 radical (unpaired) electrons. The van der Waals surface area contributed by atoms with Gasteiger partial charge in [-0.3, -0.25) is 14.3 Å². The van der Waals surface area contributed by atoms with Crippen LogP contribution in [-0.2, 0) is 0 Å². The molecule has 1 aromatic heterocycles. The molecular weight excluding hydrogens is 401 g/mol. The summed E-state index contributed by atoms with van der Waals surface area (Å²) in [6.45, 7) is 2.42. The second-order valence-corrected chi connectivity index (χ2v) is 8.19. The predicted octanol–water partition coefficient (Wildman–Crippen LogP) is 2.29. The number of hydrogen-bond donors (Lipinski definition) is 2. The van der Waals surface area contributed by atoms with E-state index in [4.69, 9.17) is 10.5 Å². The molecule has 0 spiro atoms. The average Bonchev–Trinajstić information content (AvgIpc) is 3.38. The number of alkyl halides is 2. The van der Waals surface area contributed by atoms with E-state index >= 15 is 4.39 Å². The Morgan fingerprint density at radius 2 is 1.97 bits per heavy atom. The number of nitrogens with one attached hydrogen (secondary N) is 1. The molecule has 2 aliphatic rings. The summed E-state index contributed by atoms with van der Waals surface area (Å²) in [6.07, 6.45) is -0.753. The van der Waals surface area contributed by atoms with E-state index in [1.54, 1.807) is 11.8 Å². The summed E-state index contributed by atoms with van der Waals surface area (Å²) in [5.41, 5.74) is 5.76. The largest absolute Gasteiger partial charge is 0.493 e. The maximum atomic E-state index is 15.5. The molecule has 10 heteroatoms. The van der Waals surface area contributed by atoms with Gasteiger partial charge >= 0.3 is 5.69 Å². The lowest BCUT2D eigenvalue weighted by Crippen LogP contribution is -2.35. The number of hydrogen-bond acceptors (Lipinski definition) is 5. The zero-order valence-corrected chi connectivity index (χ0v) is 16.9. The fourth-order valence-electron chi connectivity index (χ4n) is 4.61. The Balaban J connectivity index is 1.86. The minimum atomic E-state index is -2.49. The first kappa shape index (κ1) is 20.8. The number of rotatable bonds is 6. The molecule has 1 aliphatic carbocycles. The van der Waals surface area contributed by atoms with E-state index in [9.17, 15) is 18.4 Å². The summed E-state index contributed by atoms with van der Waals surface area (Å²) in [5, 5.41) is 0.00731. The second-order valence-electron chi connectivity index (χ2n) is 8.19. The quantitative estimate of drug-likeness (QED) is 0.739. The average molecular weight is 426 g/mol. The van der Waals surface area contributed by atoms with Gasteiger partial charge in [0.1, 0.15) is 5.39 Å². The zero-order chi connectivity index (χ0) is 21.7. The van der Waals surface area contributed by atoms with Crippen molar-refractivity contribution >= 4 is 16.6 Å². The Morgan fingerprint density at radius 1 is 1.27 bits per heavy atom. The molecule has 2 heterocycles. The fraction of sp³-hybridized carbons (Fsp3) is 0.600. The number of benzene rings is 1. The summed E-state index contributed by atoms with van der Waals surface area (Å²) in [6, 6.07) is -0.738. The SMILES string of the molecule is COc1c(F)c(N2CCC(C(N)CC(F)F)C2)c(C)c2c1c(=O)[nH]c(=O)n2C1CC1. The Bertz CT molecular complexity index is 1090. The minimum absolute atomic E-state index is 0.00731. The maximum absolute atomic E-state index is 15.5. The number of H-pyrrole nitrogens is 1. The number of nitrogens with two attached hydrogens (primary N) is 1. The summed E-state index contributed by atoms with van der Waals surface area (Å²) < 4.78 is 47.7. The molecule has 0 bridgehead atoms. The van der Waals surface area contributed by atoms with Crippen molar-refractivity contribution in [3.8, 4) is 5.75 Å². The highest BCUT2D eigenvalue weighted by molar-refractivity contribution is 5.93. The van der Waals surface area contributed by atoms with Crippen LogP contribution in [0.5, 0.6) is 5.75 Å². The first-order chi connectivity index (χ1) is 14.2. The number of anilines is 1. The molecule has 1 saturated carbocycles. The van der Waals surface area contributed by atoms with Gasteiger partial charge in [0.05, 0.1) is 18.3 Å². The topological polar surface area (TPSA) is 93.3 Å². The summed E-state index contributed by atoms with van der Waals surface area (Å²) in [5.74, 6) is -1.12. The lowest BCUT2D eigenvalue weighted by molar-refractivity contribution is 0.120. The number of fused-ring (bicyclic) bond motifs is 1. The van der Waals surface area contributed by atoms with E-state index in [0.29, 0.717) is 30.6 Å². The highest BCUT2D eigenvalue weighted by Crippen LogP contribution is 2.43. The van der Waals surface area contributed by atoms with Gasteiger partial charge in [-0.15, -0.1) is 0 Å². The van der Waals surface area contributed by atoms with Crippen LogP contribution in [0.3, 0.4) is 0 Å². The van der Waals surface area contributed by atoms with Gasteiger partial charge in [0.15, 0.2) is 11.6 Å². The summed E-state index contributed by atoms with van der Waals surface area (Å²) in [7, 11) is 1.27. The van der Waals surface area contributed by atoms with Crippen molar-refractivity contribution in [2.45, 2.75) is 51.1 Å². The molecule has 2 unspecified atom stereocenters. The van der Waals surface area contributed by atoms with Crippen LogP contribution in [0.25, 0.3) is 10.9 Å². The van der Waals surface area contributed by atoms with Crippen LogP contribution in [0.15, 0.2) is 9.59 Å². The van der Waals surface area contributed by atoms with Crippen LogP contribution in [0.4, 0.5) is 18.9 Å². The number of ether oxygens (including phenoxy) is 1. The zero-order valence-electron chi connectivity index (χ0n) is 16.9. The van der Waals surface area contributed by atoms with Crippen molar-refractivity contribution in [1.82, 2.24) is 9.55 Å². The van der Waals surface area contributed by atoms with Gasteiger partial charge in [0.25, 0.3) is 5.56 Å². The van der Waals surface area contributed by atoms with Crippen molar-refractivity contribution in [2.75, 3.05) is 25.1 Å². The smallest absolute Gasteiger partial charge is 0.329 e. The molecule has 30 heavy (non-hydrogen) atoms. The Morgan fingerprint density at radius 3 is 2.57 bits per heavy atom. The van der Waals surface area contributed by atoms with Crippen molar-refractivity contribution in [2.24, 2.45) is 11.7 Å². The van der Waals surface area contributed by atoms with Crippen molar-refractivity contribution in [3.63, 3.8) is 0 Å². The highest BCUT2D eigenvalue weighted by Gasteiger charge is 2.35. The normalized spacial score (nSPS) is 20.4. The summed E-state index contributed by atoms with van der Waals surface area (Å²) >= 11 is 0. The third-order valence-corrected chi connectivity index (χ3v) is 6.20. The lowest BCUT2D eigenvalue weighted by atomic mass is 9.97. The van der Waals surface area contributed by atoms with E-state index in [0.717, 1.165) is 12.8 Å². The third kappa shape index (κ3) is 3.36. The molecule has 3 N–H and O–H groups in total. The van der Waals surface area contributed by atoms with E-state index in [2.05, 4.69) is 4.98 Å². The van der Waals surface area contributed by atoms with Gasteiger partial charge < -0.3 is 15.4 Å². The maximum Gasteiger partial charge on any atom is 0.329 e. The van der Waals surface area contributed by atoms with Crippen LogP contribution < -0.4 is 26.6 Å². The van der Waals surface area contributed by atoms with Gasteiger partial charge in [-0.25, -0.2) is 18.0 Å². The Labute approximate surface area is 170 Å². The van der Waals surface area contributed by atoms with Crippen LogP contribution in [0.1, 0.15) is 37.3 Å². The second kappa shape index (κ2) is 7.64. The molecule has 2 fully saturated rings. The summed E-state index contributed by atoms with van der Waals surface area (Å²) in [4.78, 5) is 29.1. The molecule has 2 aromatic rings. The lowest BCUT2D eigenvalue weighted by Gasteiger charge is -2.26. The van der Waals surface area contributed by atoms with Crippen LogP contribution in [-0.4, -0.2) is 42.2 Å². The molecule has 1 aromatic carbocycles. The minimum Gasteiger partial charge on any atom is -0.493 e. The fourth-order valence-corrected chi connectivity index (χ4v) is 4.61. The number of nitrogens with zero attached hydrogens (tertiary/aromatic N) is 2. The molecule has 2 atom stereocenters. The first-order valence-corrected chi connectivity index (χ1v) is 10.1. The number of aromatic amines is 1. The molecule has 164 valence electrons. The Kier molecular flexibility index (Phi) is 5.29. The van der Waals surface area contributed by atoms with Gasteiger partial charge in [-0.2, -0.15) is 0 Å². The standard InChI is InChI=1S/C20H25F3N4O3/c1-9-16-14(19(28)25-20(29)27(16)11-3-4-11)18(30-2)15(23)17(9)26-6-5-10(8-26)12(24)7-13(21)22/h10-13H,3-8,24H2,1-2H3,(H,25,28,29). The molecule has 1 aliphatic heterocycles. The Hall–Kier alpha value is -2.49. The van der Waals surface area contributed by atoms with Crippen LogP contribution in [0.2, 0.25) is 0 Å². The van der Waals surface area contributed by atoms with Crippen LogP contribution >= 0.6 is 0 Å². The van der Waals surface area contributed by atoms with Gasteiger partial charge in [-0.1, -0.05) is 0 Å². The van der Waals surface area contributed by atoms with Crippen molar-refractivity contribution in [3.05, 3.63) is 32.2 Å². The predicted molar refractivity (Wildman–Crippen MR) is 107 cm³/mol. The molecular formula is C20H25F3N4O3. The van der Waals surface area contributed by atoms with Gasteiger partial charge in [0, 0.05) is 37.2 Å². The number of methoxy groups -OCH3 is 1.